The van der Waals surface area contributed by atoms with Crippen LogP contribution < -0.4 is 5.32 Å². The molecule has 0 radical (unpaired) electrons. The third kappa shape index (κ3) is 4.47. The van der Waals surface area contributed by atoms with Crippen LogP contribution in [-0.2, 0) is 9.53 Å². The van der Waals surface area contributed by atoms with E-state index < -0.39 is 0 Å². The van der Waals surface area contributed by atoms with Crippen molar-refractivity contribution in [3.63, 3.8) is 0 Å². The van der Waals surface area contributed by atoms with E-state index in [0.29, 0.717) is 18.5 Å². The Hall–Kier alpha value is -0.570. The van der Waals surface area contributed by atoms with Crippen LogP contribution in [0.5, 0.6) is 0 Å². The number of aliphatic imine (C=N–C) groups is 1. The number of hydrogen-bond acceptors (Lipinski definition) is 4. The molecule has 0 aromatic carbocycles. The molecule has 2 heterocycles. The highest BCUT2D eigenvalue weighted by atomic mass is 127. The molecule has 0 amide bonds. The summed E-state index contributed by atoms with van der Waals surface area (Å²) in [6.07, 6.45) is 2.51. The van der Waals surface area contributed by atoms with E-state index in [9.17, 15) is 4.79 Å². The number of methoxy groups -OCH3 is 1. The molecule has 0 aliphatic carbocycles. The number of ether oxygens (including phenoxy) is 1. The Labute approximate surface area is 150 Å². The number of guanidine groups is 1. The molecule has 2 aliphatic rings. The van der Waals surface area contributed by atoms with Gasteiger partial charge in [-0.3, -0.25) is 9.79 Å². The molecule has 2 rings (SSSR count). The van der Waals surface area contributed by atoms with E-state index in [1.165, 1.54) is 26.5 Å². The zero-order valence-corrected chi connectivity index (χ0v) is 16.4. The quantitative estimate of drug-likeness (QED) is 0.317. The average Bonchev–Trinajstić information content (AvgIpc) is 3.05. The van der Waals surface area contributed by atoms with Crippen LogP contribution in [0.2, 0.25) is 0 Å². The molecule has 0 aromatic rings. The highest BCUT2D eigenvalue weighted by Gasteiger charge is 2.37. The number of esters is 1. The first-order valence-electron chi connectivity index (χ1n) is 7.80. The molecule has 2 fully saturated rings. The highest BCUT2D eigenvalue weighted by Crippen LogP contribution is 2.24. The lowest BCUT2D eigenvalue weighted by molar-refractivity contribution is -0.145. The lowest BCUT2D eigenvalue weighted by Crippen LogP contribution is -2.45. The molecule has 7 heteroatoms. The van der Waals surface area contributed by atoms with Gasteiger partial charge in [-0.25, -0.2) is 0 Å². The van der Waals surface area contributed by atoms with Crippen LogP contribution in [-0.4, -0.2) is 75.2 Å². The van der Waals surface area contributed by atoms with Gasteiger partial charge >= 0.3 is 5.97 Å². The van der Waals surface area contributed by atoms with Crippen molar-refractivity contribution in [2.24, 2.45) is 16.8 Å². The molecule has 0 saturated carbocycles. The zero-order chi connectivity index (χ0) is 15.4. The Balaban J connectivity index is 0.00000242. The molecule has 6 nitrogen and oxygen atoms in total. The number of halogens is 1. The minimum Gasteiger partial charge on any atom is -0.469 e. The Bertz CT molecular complexity index is 405. The summed E-state index contributed by atoms with van der Waals surface area (Å²) in [5.41, 5.74) is 0. The van der Waals surface area contributed by atoms with E-state index in [-0.39, 0.29) is 35.9 Å². The fourth-order valence-corrected chi connectivity index (χ4v) is 3.38. The Morgan fingerprint density at radius 1 is 1.41 bits per heavy atom. The van der Waals surface area contributed by atoms with E-state index >= 15 is 0 Å². The van der Waals surface area contributed by atoms with Gasteiger partial charge in [-0.15, -0.1) is 24.0 Å². The summed E-state index contributed by atoms with van der Waals surface area (Å²) in [5.74, 6) is 1.03. The molecule has 128 valence electrons. The molecule has 22 heavy (non-hydrogen) atoms. The number of likely N-dealkylation sites (tertiary alicyclic amines) is 2. The molecule has 2 aliphatic heterocycles. The molecule has 1 N–H and O–H groups in total. The second kappa shape index (κ2) is 8.90. The topological polar surface area (TPSA) is 57.2 Å². The third-order valence-electron chi connectivity index (χ3n) is 4.79. The molecule has 3 unspecified atom stereocenters. The van der Waals surface area contributed by atoms with Gasteiger partial charge in [0.15, 0.2) is 5.96 Å². The molecule has 3 atom stereocenters. The fraction of sp³-hybridized carbons (Fsp3) is 0.867. The molecular formula is C15H29IN4O2. The minimum atomic E-state index is -0.115. The first-order valence-corrected chi connectivity index (χ1v) is 7.80. The minimum absolute atomic E-state index is 0. The maximum atomic E-state index is 11.8. The SMILES string of the molecule is CN=C(NCC1CCCN1C)N1CC(C)C(C(=O)OC)C1.I. The number of carbonyl (C=O) groups is 1. The first kappa shape index (κ1) is 19.5. The summed E-state index contributed by atoms with van der Waals surface area (Å²) < 4.78 is 4.89. The summed E-state index contributed by atoms with van der Waals surface area (Å²) in [6, 6.07) is 0.582. The smallest absolute Gasteiger partial charge is 0.310 e. The molecule has 0 aromatic heterocycles. The third-order valence-corrected chi connectivity index (χ3v) is 4.79. The van der Waals surface area contributed by atoms with Crippen LogP contribution >= 0.6 is 24.0 Å². The summed E-state index contributed by atoms with van der Waals surface area (Å²) in [4.78, 5) is 20.7. The predicted octanol–water partition coefficient (Wildman–Crippen LogP) is 1.01. The monoisotopic (exact) mass is 424 g/mol. The van der Waals surface area contributed by atoms with E-state index in [1.807, 2.05) is 0 Å². The van der Waals surface area contributed by atoms with Gasteiger partial charge in [-0.2, -0.15) is 0 Å². The lowest BCUT2D eigenvalue weighted by Gasteiger charge is -2.25. The van der Waals surface area contributed by atoms with Crippen molar-refractivity contribution >= 4 is 35.9 Å². The molecular weight excluding hydrogens is 395 g/mol. The van der Waals surface area contributed by atoms with Crippen molar-refractivity contribution < 1.29 is 9.53 Å². The van der Waals surface area contributed by atoms with Crippen molar-refractivity contribution in [3.8, 4) is 0 Å². The number of hydrogen-bond donors (Lipinski definition) is 1. The van der Waals surface area contributed by atoms with E-state index in [0.717, 1.165) is 19.0 Å². The summed E-state index contributed by atoms with van der Waals surface area (Å²) in [5, 5.41) is 3.46. The molecule has 0 spiro atoms. The van der Waals surface area contributed by atoms with Crippen LogP contribution in [0.3, 0.4) is 0 Å². The van der Waals surface area contributed by atoms with Crippen molar-refractivity contribution in [1.29, 1.82) is 0 Å². The van der Waals surface area contributed by atoms with Gasteiger partial charge < -0.3 is 19.9 Å². The normalized spacial score (nSPS) is 29.4. The van der Waals surface area contributed by atoms with Crippen LogP contribution in [0.4, 0.5) is 0 Å². The first-order chi connectivity index (χ1) is 10.1. The van der Waals surface area contributed by atoms with Crippen LogP contribution in [0, 0.1) is 11.8 Å². The second-order valence-electron chi connectivity index (χ2n) is 6.22. The highest BCUT2D eigenvalue weighted by molar-refractivity contribution is 14.0. The molecule has 2 saturated heterocycles. The van der Waals surface area contributed by atoms with Crippen LogP contribution in [0.1, 0.15) is 19.8 Å². The summed E-state index contributed by atoms with van der Waals surface area (Å²) in [7, 11) is 5.44. The lowest BCUT2D eigenvalue weighted by atomic mass is 9.99. The van der Waals surface area contributed by atoms with Gasteiger partial charge in [0.05, 0.1) is 13.0 Å². The number of rotatable bonds is 3. The van der Waals surface area contributed by atoms with Gasteiger partial charge in [0.1, 0.15) is 0 Å². The maximum Gasteiger partial charge on any atom is 0.310 e. The van der Waals surface area contributed by atoms with E-state index in [1.54, 1.807) is 7.05 Å². The van der Waals surface area contributed by atoms with Crippen molar-refractivity contribution in [1.82, 2.24) is 15.1 Å². The van der Waals surface area contributed by atoms with Crippen LogP contribution in [0.15, 0.2) is 4.99 Å². The van der Waals surface area contributed by atoms with Crippen molar-refractivity contribution in [2.75, 3.05) is 47.4 Å². The predicted molar refractivity (Wildman–Crippen MR) is 98.7 cm³/mol. The maximum absolute atomic E-state index is 11.8. The van der Waals surface area contributed by atoms with E-state index in [2.05, 4.69) is 34.1 Å². The number of likely N-dealkylation sites (N-methyl/N-ethyl adjacent to an activating group) is 1. The largest absolute Gasteiger partial charge is 0.469 e. The standard InChI is InChI=1S/C15H28N4O2.HI/c1-11-9-19(10-13(11)14(20)21-4)15(16-2)17-8-12-6-5-7-18(12)3;/h11-13H,5-10H2,1-4H3,(H,16,17);1H. The Morgan fingerprint density at radius 3 is 2.68 bits per heavy atom. The Morgan fingerprint density at radius 2 is 2.14 bits per heavy atom. The van der Waals surface area contributed by atoms with Gasteiger partial charge in [-0.05, 0) is 32.4 Å². The summed E-state index contributed by atoms with van der Waals surface area (Å²) in [6.45, 7) is 5.72. The van der Waals surface area contributed by atoms with Gasteiger partial charge in [0, 0.05) is 32.7 Å². The number of nitrogens with one attached hydrogen (secondary N) is 1. The van der Waals surface area contributed by atoms with Crippen molar-refractivity contribution in [2.45, 2.75) is 25.8 Å². The second-order valence-corrected chi connectivity index (χ2v) is 6.22. The Kier molecular flexibility index (Phi) is 7.88. The van der Waals surface area contributed by atoms with Gasteiger partial charge in [-0.1, -0.05) is 6.92 Å². The van der Waals surface area contributed by atoms with Gasteiger partial charge in [0.2, 0.25) is 0 Å². The average molecular weight is 424 g/mol. The zero-order valence-electron chi connectivity index (χ0n) is 14.0. The molecule has 0 bridgehead atoms. The van der Waals surface area contributed by atoms with Crippen LogP contribution in [0.25, 0.3) is 0 Å². The number of carbonyl (C=O) groups excluding carboxylic acids is 1. The van der Waals surface area contributed by atoms with E-state index in [4.69, 9.17) is 4.74 Å². The van der Waals surface area contributed by atoms with Crippen molar-refractivity contribution in [3.05, 3.63) is 0 Å². The van der Waals surface area contributed by atoms with Gasteiger partial charge in [0.25, 0.3) is 0 Å². The number of nitrogens with zero attached hydrogens (tertiary/aromatic N) is 3. The fourth-order valence-electron chi connectivity index (χ4n) is 3.38. The summed E-state index contributed by atoms with van der Waals surface area (Å²) >= 11 is 0.